The molecule has 1 N–H and O–H groups in total. The maximum Gasteiger partial charge on any atom is 0.226 e. The first-order valence-corrected chi connectivity index (χ1v) is 4.91. The van der Waals surface area contributed by atoms with Gasteiger partial charge in [0.25, 0.3) is 0 Å². The van der Waals surface area contributed by atoms with Gasteiger partial charge < -0.3 is 9.63 Å². The van der Waals surface area contributed by atoms with E-state index in [0.717, 1.165) is 18.4 Å². The summed E-state index contributed by atoms with van der Waals surface area (Å²) in [5.41, 5.74) is 0.846. The number of nitrogens with zero attached hydrogens (tertiary/aromatic N) is 2. The third-order valence-corrected chi connectivity index (χ3v) is 2.06. The van der Waals surface area contributed by atoms with Gasteiger partial charge in [-0.15, -0.1) is 0 Å². The molecule has 0 amide bonds. The number of aromatic hydroxyl groups is 1. The van der Waals surface area contributed by atoms with Crippen LogP contribution in [-0.4, -0.2) is 15.2 Å². The molecule has 0 radical (unpaired) electrons. The highest BCUT2D eigenvalue weighted by molar-refractivity contribution is 5.55. The summed E-state index contributed by atoms with van der Waals surface area (Å²) < 4.78 is 5.07. The minimum absolute atomic E-state index is 0.232. The van der Waals surface area contributed by atoms with E-state index < -0.39 is 0 Å². The van der Waals surface area contributed by atoms with Crippen LogP contribution in [0.25, 0.3) is 11.4 Å². The molecule has 4 heteroatoms. The highest BCUT2D eigenvalue weighted by Crippen LogP contribution is 2.19. The summed E-state index contributed by atoms with van der Waals surface area (Å²) in [6.07, 6.45) is 1.78. The predicted molar refractivity (Wildman–Crippen MR) is 55.4 cm³/mol. The molecule has 2 rings (SSSR count). The van der Waals surface area contributed by atoms with Crippen LogP contribution in [0.3, 0.4) is 0 Å². The molecule has 1 aromatic heterocycles. The van der Waals surface area contributed by atoms with Gasteiger partial charge in [0.1, 0.15) is 5.75 Å². The molecule has 0 fully saturated rings. The van der Waals surface area contributed by atoms with Gasteiger partial charge in [-0.05, 0) is 30.7 Å². The summed E-state index contributed by atoms with van der Waals surface area (Å²) in [5, 5.41) is 13.0. The molecule has 0 aliphatic rings. The number of hydrogen-bond acceptors (Lipinski definition) is 4. The number of hydrogen-bond donors (Lipinski definition) is 1. The molecule has 0 bridgehead atoms. The third kappa shape index (κ3) is 2.15. The Balaban J connectivity index is 2.25. The van der Waals surface area contributed by atoms with Crippen LogP contribution in [0.2, 0.25) is 0 Å². The topological polar surface area (TPSA) is 59.2 Å². The number of rotatable bonds is 3. The third-order valence-electron chi connectivity index (χ3n) is 2.06. The van der Waals surface area contributed by atoms with Gasteiger partial charge >= 0.3 is 0 Å². The Morgan fingerprint density at radius 1 is 1.27 bits per heavy atom. The van der Waals surface area contributed by atoms with E-state index in [-0.39, 0.29) is 5.75 Å². The van der Waals surface area contributed by atoms with E-state index in [1.807, 2.05) is 0 Å². The monoisotopic (exact) mass is 204 g/mol. The first kappa shape index (κ1) is 9.71. The van der Waals surface area contributed by atoms with Gasteiger partial charge in [0.15, 0.2) is 0 Å². The Morgan fingerprint density at radius 3 is 2.67 bits per heavy atom. The van der Waals surface area contributed by atoms with Crippen LogP contribution in [-0.2, 0) is 6.42 Å². The standard InChI is InChI=1S/C11H12N2O2/c1-2-3-10-12-11(13-15-10)8-4-6-9(14)7-5-8/h4-7,14H,2-3H2,1H3. The molecule has 4 nitrogen and oxygen atoms in total. The Morgan fingerprint density at radius 2 is 2.00 bits per heavy atom. The lowest BCUT2D eigenvalue weighted by Gasteiger charge is -1.93. The molecule has 0 unspecified atom stereocenters. The zero-order chi connectivity index (χ0) is 10.7. The molecule has 2 aromatic rings. The summed E-state index contributed by atoms with van der Waals surface area (Å²) >= 11 is 0. The zero-order valence-electron chi connectivity index (χ0n) is 8.47. The number of aromatic nitrogens is 2. The van der Waals surface area contributed by atoms with Crippen molar-refractivity contribution in [2.24, 2.45) is 0 Å². The first-order valence-electron chi connectivity index (χ1n) is 4.91. The number of benzene rings is 1. The molecule has 0 aliphatic carbocycles. The van der Waals surface area contributed by atoms with Crippen molar-refractivity contribution in [1.82, 2.24) is 10.1 Å². The van der Waals surface area contributed by atoms with Gasteiger partial charge in [0, 0.05) is 12.0 Å². The van der Waals surface area contributed by atoms with Crippen molar-refractivity contribution in [3.8, 4) is 17.1 Å². The van der Waals surface area contributed by atoms with Gasteiger partial charge in [0.2, 0.25) is 11.7 Å². The lowest BCUT2D eigenvalue weighted by molar-refractivity contribution is 0.378. The van der Waals surface area contributed by atoms with Crippen molar-refractivity contribution in [3.05, 3.63) is 30.2 Å². The van der Waals surface area contributed by atoms with Gasteiger partial charge in [-0.3, -0.25) is 0 Å². The van der Waals surface area contributed by atoms with Crippen molar-refractivity contribution < 1.29 is 9.63 Å². The van der Waals surface area contributed by atoms with Crippen LogP contribution in [0.5, 0.6) is 5.75 Å². The molecular formula is C11H12N2O2. The largest absolute Gasteiger partial charge is 0.508 e. The van der Waals surface area contributed by atoms with Crippen molar-refractivity contribution in [2.45, 2.75) is 19.8 Å². The molecule has 0 saturated carbocycles. The van der Waals surface area contributed by atoms with Crippen LogP contribution >= 0.6 is 0 Å². The summed E-state index contributed by atoms with van der Waals surface area (Å²) in [6.45, 7) is 2.06. The molecular weight excluding hydrogens is 192 g/mol. The van der Waals surface area contributed by atoms with E-state index in [1.54, 1.807) is 24.3 Å². The lowest BCUT2D eigenvalue weighted by atomic mass is 10.2. The predicted octanol–water partition coefficient (Wildman–Crippen LogP) is 2.39. The van der Waals surface area contributed by atoms with Crippen LogP contribution in [0.4, 0.5) is 0 Å². The Hall–Kier alpha value is -1.84. The van der Waals surface area contributed by atoms with Crippen LogP contribution in [0, 0.1) is 0 Å². The molecule has 1 aromatic carbocycles. The fourth-order valence-corrected chi connectivity index (χ4v) is 1.30. The molecule has 78 valence electrons. The van der Waals surface area contributed by atoms with E-state index >= 15 is 0 Å². The molecule has 15 heavy (non-hydrogen) atoms. The fourth-order valence-electron chi connectivity index (χ4n) is 1.30. The van der Waals surface area contributed by atoms with Crippen LogP contribution in [0.1, 0.15) is 19.2 Å². The fraction of sp³-hybridized carbons (Fsp3) is 0.273. The van der Waals surface area contributed by atoms with Gasteiger partial charge in [0.05, 0.1) is 0 Å². The molecule has 0 atom stereocenters. The molecule has 0 saturated heterocycles. The summed E-state index contributed by atoms with van der Waals surface area (Å²) in [7, 11) is 0. The second-order valence-electron chi connectivity index (χ2n) is 3.31. The van der Waals surface area contributed by atoms with Gasteiger partial charge in [-0.1, -0.05) is 12.1 Å². The van der Waals surface area contributed by atoms with Crippen LogP contribution in [0.15, 0.2) is 28.8 Å². The number of phenolic OH excluding ortho intramolecular Hbond substituents is 1. The number of phenols is 1. The summed E-state index contributed by atoms with van der Waals surface area (Å²) in [4.78, 5) is 4.24. The Kier molecular flexibility index (Phi) is 2.67. The Bertz CT molecular complexity index is 434. The maximum atomic E-state index is 9.13. The molecule has 0 spiro atoms. The minimum atomic E-state index is 0.232. The summed E-state index contributed by atoms with van der Waals surface area (Å²) in [5.74, 6) is 1.45. The van der Waals surface area contributed by atoms with E-state index in [9.17, 15) is 0 Å². The van der Waals surface area contributed by atoms with E-state index in [2.05, 4.69) is 17.1 Å². The quantitative estimate of drug-likeness (QED) is 0.833. The summed E-state index contributed by atoms with van der Waals surface area (Å²) in [6, 6.07) is 6.72. The van der Waals surface area contributed by atoms with Crippen molar-refractivity contribution in [3.63, 3.8) is 0 Å². The second-order valence-corrected chi connectivity index (χ2v) is 3.31. The molecule has 0 aliphatic heterocycles. The first-order chi connectivity index (χ1) is 7.29. The smallest absolute Gasteiger partial charge is 0.226 e. The van der Waals surface area contributed by atoms with Crippen LogP contribution < -0.4 is 0 Å². The molecule has 1 heterocycles. The highest BCUT2D eigenvalue weighted by Gasteiger charge is 2.07. The van der Waals surface area contributed by atoms with Gasteiger partial charge in [-0.25, -0.2) is 0 Å². The second kappa shape index (κ2) is 4.13. The van der Waals surface area contributed by atoms with Crippen molar-refractivity contribution in [1.29, 1.82) is 0 Å². The van der Waals surface area contributed by atoms with Gasteiger partial charge in [-0.2, -0.15) is 4.98 Å². The highest BCUT2D eigenvalue weighted by atomic mass is 16.5. The van der Waals surface area contributed by atoms with Crippen molar-refractivity contribution in [2.75, 3.05) is 0 Å². The zero-order valence-corrected chi connectivity index (χ0v) is 8.47. The van der Waals surface area contributed by atoms with Crippen molar-refractivity contribution >= 4 is 0 Å². The van der Waals surface area contributed by atoms with E-state index in [4.69, 9.17) is 9.63 Å². The number of aryl methyl sites for hydroxylation is 1. The van der Waals surface area contributed by atoms with E-state index in [1.165, 1.54) is 0 Å². The average molecular weight is 204 g/mol. The average Bonchev–Trinajstić information content (AvgIpc) is 2.68. The SMILES string of the molecule is CCCc1nc(-c2ccc(O)cc2)no1. The minimum Gasteiger partial charge on any atom is -0.508 e. The van der Waals surface area contributed by atoms with E-state index in [0.29, 0.717) is 11.7 Å². The normalized spacial score (nSPS) is 10.5. The Labute approximate surface area is 87.6 Å². The lowest BCUT2D eigenvalue weighted by Crippen LogP contribution is -1.83. The maximum absolute atomic E-state index is 9.13.